The van der Waals surface area contributed by atoms with E-state index in [0.29, 0.717) is 11.3 Å². The van der Waals surface area contributed by atoms with Crippen LogP contribution in [0.3, 0.4) is 0 Å². The lowest BCUT2D eigenvalue weighted by Gasteiger charge is -2.08. The van der Waals surface area contributed by atoms with Crippen molar-refractivity contribution < 1.29 is 8.42 Å². The van der Waals surface area contributed by atoms with Gasteiger partial charge in [-0.15, -0.1) is 0 Å². The third-order valence-electron chi connectivity index (χ3n) is 4.20. The lowest BCUT2D eigenvalue weighted by Crippen LogP contribution is -2.11. The zero-order chi connectivity index (χ0) is 18.1. The van der Waals surface area contributed by atoms with E-state index in [9.17, 15) is 8.42 Å². The Balaban J connectivity index is 1.78. The fraction of sp³-hybridized carbons (Fsp3) is 0. The summed E-state index contributed by atoms with van der Waals surface area (Å²) >= 11 is 0. The monoisotopic (exact) mass is 364 g/mol. The van der Waals surface area contributed by atoms with E-state index in [2.05, 4.69) is 10.4 Å². The summed E-state index contributed by atoms with van der Waals surface area (Å²) in [6.07, 6.45) is 3.30. The number of hydrogen-bond donors (Lipinski definition) is 2. The molecular weight excluding hydrogens is 348 g/mol. The maximum atomic E-state index is 12.9. The molecule has 4 aromatic rings. The van der Waals surface area contributed by atoms with E-state index in [4.69, 9.17) is 5.84 Å². The van der Waals surface area contributed by atoms with Crippen molar-refractivity contribution in [2.45, 2.75) is 4.90 Å². The van der Waals surface area contributed by atoms with Gasteiger partial charge in [-0.3, -0.25) is 0 Å². The molecule has 7 heteroatoms. The molecule has 0 atom stereocenters. The fourth-order valence-electron chi connectivity index (χ4n) is 2.86. The predicted octanol–water partition coefficient (Wildman–Crippen LogP) is 3.23. The Kier molecular flexibility index (Phi) is 3.95. The number of fused-ring (bicyclic) bond motifs is 1. The molecule has 0 aliphatic heterocycles. The van der Waals surface area contributed by atoms with Gasteiger partial charge in [0.1, 0.15) is 5.82 Å². The Bertz CT molecular complexity index is 1170. The van der Waals surface area contributed by atoms with Crippen LogP contribution >= 0.6 is 0 Å². The van der Waals surface area contributed by atoms with Gasteiger partial charge < -0.3 is 5.43 Å². The SMILES string of the molecule is NNc1ccc(-c2ccc3c(ccn3S(=O)(=O)c3ccccc3)c2)cn1. The normalized spacial score (nSPS) is 11.6. The number of nitrogens with two attached hydrogens (primary N) is 1. The quantitative estimate of drug-likeness (QED) is 0.429. The minimum Gasteiger partial charge on any atom is -0.308 e. The number of nitrogens with one attached hydrogen (secondary N) is 1. The van der Waals surface area contributed by atoms with Gasteiger partial charge in [-0.25, -0.2) is 23.2 Å². The average Bonchev–Trinajstić information content (AvgIpc) is 3.13. The molecule has 0 saturated carbocycles. The first-order valence-corrected chi connectivity index (χ1v) is 9.38. The summed E-state index contributed by atoms with van der Waals surface area (Å²) < 4.78 is 27.0. The van der Waals surface area contributed by atoms with Crippen LogP contribution in [0.15, 0.2) is 84.0 Å². The van der Waals surface area contributed by atoms with E-state index in [-0.39, 0.29) is 4.90 Å². The molecule has 2 heterocycles. The Hall–Kier alpha value is -3.16. The van der Waals surface area contributed by atoms with Gasteiger partial charge in [-0.2, -0.15) is 0 Å². The molecule has 0 radical (unpaired) electrons. The molecule has 4 rings (SSSR count). The largest absolute Gasteiger partial charge is 0.308 e. The highest BCUT2D eigenvalue weighted by atomic mass is 32.2. The molecule has 0 bridgehead atoms. The van der Waals surface area contributed by atoms with Gasteiger partial charge in [0.15, 0.2) is 0 Å². The van der Waals surface area contributed by atoms with E-state index < -0.39 is 10.0 Å². The second kappa shape index (κ2) is 6.29. The summed E-state index contributed by atoms with van der Waals surface area (Å²) in [6, 6.07) is 19.5. The van der Waals surface area contributed by atoms with Crippen LogP contribution in [0.25, 0.3) is 22.0 Å². The highest BCUT2D eigenvalue weighted by Crippen LogP contribution is 2.27. The van der Waals surface area contributed by atoms with E-state index in [0.717, 1.165) is 16.5 Å². The molecule has 26 heavy (non-hydrogen) atoms. The molecule has 130 valence electrons. The van der Waals surface area contributed by atoms with Gasteiger partial charge in [-0.05, 0) is 48.0 Å². The van der Waals surface area contributed by atoms with Crippen molar-refractivity contribution in [3.8, 4) is 11.1 Å². The third-order valence-corrected chi connectivity index (χ3v) is 5.90. The first-order valence-electron chi connectivity index (χ1n) is 7.94. The van der Waals surface area contributed by atoms with Crippen molar-refractivity contribution in [1.82, 2.24) is 8.96 Å². The second-order valence-electron chi connectivity index (χ2n) is 5.78. The van der Waals surface area contributed by atoms with Crippen molar-refractivity contribution in [3.05, 3.63) is 79.1 Å². The third kappa shape index (κ3) is 2.73. The average molecular weight is 364 g/mol. The van der Waals surface area contributed by atoms with Crippen LogP contribution < -0.4 is 11.3 Å². The van der Waals surface area contributed by atoms with Gasteiger partial charge in [0.05, 0.1) is 10.4 Å². The van der Waals surface area contributed by atoms with Gasteiger partial charge in [0.2, 0.25) is 0 Å². The minimum atomic E-state index is -3.63. The number of nitrogens with zero attached hydrogens (tertiary/aromatic N) is 2. The van der Waals surface area contributed by atoms with E-state index in [1.54, 1.807) is 60.9 Å². The number of pyridine rings is 1. The number of aromatic nitrogens is 2. The van der Waals surface area contributed by atoms with Crippen LogP contribution in [-0.4, -0.2) is 17.4 Å². The van der Waals surface area contributed by atoms with Crippen molar-refractivity contribution >= 4 is 26.7 Å². The van der Waals surface area contributed by atoms with Crippen LogP contribution in [0.5, 0.6) is 0 Å². The molecule has 2 aromatic carbocycles. The van der Waals surface area contributed by atoms with Crippen molar-refractivity contribution in [2.75, 3.05) is 5.43 Å². The van der Waals surface area contributed by atoms with E-state index in [1.165, 1.54) is 3.97 Å². The summed E-state index contributed by atoms with van der Waals surface area (Å²) in [6.45, 7) is 0. The molecular formula is C19H16N4O2S. The summed E-state index contributed by atoms with van der Waals surface area (Å²) in [5.74, 6) is 5.91. The molecule has 0 aliphatic carbocycles. The number of anilines is 1. The van der Waals surface area contributed by atoms with Gasteiger partial charge in [-0.1, -0.05) is 24.3 Å². The Morgan fingerprint density at radius 3 is 2.38 bits per heavy atom. The Labute approximate surface area is 150 Å². The van der Waals surface area contributed by atoms with Crippen molar-refractivity contribution in [3.63, 3.8) is 0 Å². The number of rotatable bonds is 4. The number of nitrogen functional groups attached to an aromatic ring is 1. The summed E-state index contributed by atoms with van der Waals surface area (Å²) in [5.41, 5.74) is 4.99. The highest BCUT2D eigenvalue weighted by Gasteiger charge is 2.18. The molecule has 0 fully saturated rings. The molecule has 0 saturated heterocycles. The van der Waals surface area contributed by atoms with Gasteiger partial charge in [0, 0.05) is 23.3 Å². The summed E-state index contributed by atoms with van der Waals surface area (Å²) in [4.78, 5) is 4.46. The van der Waals surface area contributed by atoms with Crippen LogP contribution in [-0.2, 0) is 10.0 Å². The second-order valence-corrected chi connectivity index (χ2v) is 7.59. The first kappa shape index (κ1) is 16.3. The van der Waals surface area contributed by atoms with Crippen LogP contribution in [0.1, 0.15) is 0 Å². The van der Waals surface area contributed by atoms with Crippen LogP contribution in [0, 0.1) is 0 Å². The Morgan fingerprint density at radius 1 is 0.923 bits per heavy atom. The van der Waals surface area contributed by atoms with E-state index >= 15 is 0 Å². The number of hydrazine groups is 1. The van der Waals surface area contributed by atoms with Crippen molar-refractivity contribution in [1.29, 1.82) is 0 Å². The predicted molar refractivity (Wildman–Crippen MR) is 102 cm³/mol. The maximum Gasteiger partial charge on any atom is 0.268 e. The smallest absolute Gasteiger partial charge is 0.268 e. The van der Waals surface area contributed by atoms with E-state index in [1.807, 2.05) is 18.2 Å². The standard InChI is InChI=1S/C19H16N4O2S/c20-22-19-9-7-16(13-21-19)14-6-8-18-15(12-14)10-11-23(18)26(24,25)17-4-2-1-3-5-17/h1-13H,20H2,(H,21,22). The molecule has 2 aromatic heterocycles. The highest BCUT2D eigenvalue weighted by molar-refractivity contribution is 7.90. The molecule has 0 unspecified atom stereocenters. The lowest BCUT2D eigenvalue weighted by atomic mass is 10.1. The first-order chi connectivity index (χ1) is 12.6. The summed E-state index contributed by atoms with van der Waals surface area (Å²) in [5, 5.41) is 0.836. The zero-order valence-electron chi connectivity index (χ0n) is 13.7. The van der Waals surface area contributed by atoms with Gasteiger partial charge >= 0.3 is 0 Å². The molecule has 6 nitrogen and oxygen atoms in total. The lowest BCUT2D eigenvalue weighted by molar-refractivity contribution is 0.589. The van der Waals surface area contributed by atoms with Crippen molar-refractivity contribution in [2.24, 2.45) is 5.84 Å². The van der Waals surface area contributed by atoms with Crippen LogP contribution in [0.4, 0.5) is 5.82 Å². The molecule has 3 N–H and O–H groups in total. The molecule has 0 spiro atoms. The fourth-order valence-corrected chi connectivity index (χ4v) is 4.24. The molecule has 0 amide bonds. The number of benzene rings is 2. The minimum absolute atomic E-state index is 0.260. The molecule has 0 aliphatic rings. The summed E-state index contributed by atoms with van der Waals surface area (Å²) in [7, 11) is -3.63. The van der Waals surface area contributed by atoms with Crippen LogP contribution in [0.2, 0.25) is 0 Å². The maximum absolute atomic E-state index is 12.9. The topological polar surface area (TPSA) is 90.0 Å². The Morgan fingerprint density at radius 2 is 1.69 bits per heavy atom. The van der Waals surface area contributed by atoms with Gasteiger partial charge in [0.25, 0.3) is 10.0 Å². The zero-order valence-corrected chi connectivity index (χ0v) is 14.5. The number of hydrogen-bond acceptors (Lipinski definition) is 5.